The molecule has 3 rings (SSSR count). The van der Waals surface area contributed by atoms with Gasteiger partial charge in [0.25, 0.3) is 0 Å². The maximum absolute atomic E-state index is 3.29. The van der Waals surface area contributed by atoms with E-state index in [0.29, 0.717) is 0 Å². The number of nitrogens with one attached hydrogen (secondary N) is 1. The lowest BCUT2D eigenvalue weighted by Gasteiger charge is -2.18. The first kappa shape index (κ1) is 10.8. The Morgan fingerprint density at radius 2 is 1.28 bits per heavy atom. The van der Waals surface area contributed by atoms with E-state index in [1.807, 2.05) is 18.3 Å². The first-order chi connectivity index (χ1) is 8.93. The number of benzene rings is 2. The van der Waals surface area contributed by atoms with Gasteiger partial charge in [-0.25, -0.2) is 0 Å². The summed E-state index contributed by atoms with van der Waals surface area (Å²) in [6.45, 7) is 0. The SMILES string of the molecule is C1=CC(c2ccccc2)=C[C](c2ccccc2)N1. The molecule has 2 aromatic carbocycles. The number of hydrogen-bond acceptors (Lipinski definition) is 1. The summed E-state index contributed by atoms with van der Waals surface area (Å²) in [6.07, 6.45) is 6.27. The molecule has 2 aromatic rings. The monoisotopic (exact) mass is 232 g/mol. The van der Waals surface area contributed by atoms with Gasteiger partial charge in [0.15, 0.2) is 0 Å². The molecule has 0 fully saturated rings. The minimum Gasteiger partial charge on any atom is -0.376 e. The predicted octanol–water partition coefficient (Wildman–Crippen LogP) is 3.77. The van der Waals surface area contributed by atoms with Crippen LogP contribution in [0.25, 0.3) is 5.57 Å². The van der Waals surface area contributed by atoms with E-state index in [0.717, 1.165) is 6.04 Å². The summed E-state index contributed by atoms with van der Waals surface area (Å²) in [6, 6.07) is 21.9. The smallest absolute Gasteiger partial charge is 0.113 e. The maximum atomic E-state index is 3.29. The Hall–Kier alpha value is -2.28. The van der Waals surface area contributed by atoms with Crippen LogP contribution in [-0.2, 0) is 0 Å². The van der Waals surface area contributed by atoms with Crippen molar-refractivity contribution in [2.45, 2.75) is 0 Å². The molecule has 0 aromatic heterocycles. The molecule has 1 radical (unpaired) electrons. The van der Waals surface area contributed by atoms with Gasteiger partial charge in [0, 0.05) is 0 Å². The van der Waals surface area contributed by atoms with Crippen molar-refractivity contribution in [2.24, 2.45) is 0 Å². The highest BCUT2D eigenvalue weighted by atomic mass is 14.9. The van der Waals surface area contributed by atoms with E-state index in [1.54, 1.807) is 0 Å². The zero-order valence-corrected chi connectivity index (χ0v) is 10.0. The molecule has 1 aliphatic heterocycles. The molecule has 1 heterocycles. The summed E-state index contributed by atoms with van der Waals surface area (Å²) in [7, 11) is 0. The van der Waals surface area contributed by atoms with E-state index < -0.39 is 0 Å². The fraction of sp³-hybridized carbons (Fsp3) is 0. The molecular weight excluding hydrogens is 218 g/mol. The van der Waals surface area contributed by atoms with Gasteiger partial charge in [0.1, 0.15) is 6.04 Å². The first-order valence-corrected chi connectivity index (χ1v) is 6.06. The average Bonchev–Trinajstić information content (AvgIpc) is 2.49. The normalized spacial score (nSPS) is 15.0. The second kappa shape index (κ2) is 4.92. The van der Waals surface area contributed by atoms with Gasteiger partial charge in [0.05, 0.1) is 0 Å². The molecule has 1 nitrogen and oxygen atoms in total. The van der Waals surface area contributed by atoms with Gasteiger partial charge in [-0.2, -0.15) is 0 Å². The lowest BCUT2D eigenvalue weighted by Crippen LogP contribution is -2.17. The first-order valence-electron chi connectivity index (χ1n) is 6.06. The van der Waals surface area contributed by atoms with Crippen molar-refractivity contribution in [1.82, 2.24) is 5.32 Å². The molecule has 1 aliphatic rings. The predicted molar refractivity (Wildman–Crippen MR) is 75.5 cm³/mol. The molecular formula is C17H14N. The van der Waals surface area contributed by atoms with Crippen molar-refractivity contribution < 1.29 is 0 Å². The molecule has 0 aliphatic carbocycles. The minimum atomic E-state index is 1.14. The Morgan fingerprint density at radius 3 is 1.94 bits per heavy atom. The molecule has 0 bridgehead atoms. The Balaban J connectivity index is 1.93. The van der Waals surface area contributed by atoms with Gasteiger partial charge in [-0.15, -0.1) is 0 Å². The standard InChI is InChI=1S/C17H14N/c1-3-7-14(8-4-1)16-11-12-18-17(13-16)15-9-5-2-6-10-15/h1-13,18H. The van der Waals surface area contributed by atoms with E-state index in [4.69, 9.17) is 0 Å². The van der Waals surface area contributed by atoms with E-state index in [9.17, 15) is 0 Å². The third-order valence-corrected chi connectivity index (χ3v) is 2.99. The lowest BCUT2D eigenvalue weighted by molar-refractivity contribution is 0.964. The fourth-order valence-corrected chi connectivity index (χ4v) is 2.06. The summed E-state index contributed by atoms with van der Waals surface area (Å²) >= 11 is 0. The van der Waals surface area contributed by atoms with Gasteiger partial charge in [-0.05, 0) is 35.1 Å². The van der Waals surface area contributed by atoms with Gasteiger partial charge in [-0.3, -0.25) is 0 Å². The van der Waals surface area contributed by atoms with Crippen molar-refractivity contribution in [3.63, 3.8) is 0 Å². The number of dihydropyridines is 1. The molecule has 18 heavy (non-hydrogen) atoms. The maximum Gasteiger partial charge on any atom is 0.113 e. The average molecular weight is 232 g/mol. The largest absolute Gasteiger partial charge is 0.376 e. The molecule has 1 N–H and O–H groups in total. The summed E-state index contributed by atoms with van der Waals surface area (Å²) in [5, 5.41) is 3.29. The summed E-state index contributed by atoms with van der Waals surface area (Å²) in [5.74, 6) is 0. The molecule has 0 saturated heterocycles. The van der Waals surface area contributed by atoms with E-state index in [-0.39, 0.29) is 0 Å². The van der Waals surface area contributed by atoms with Crippen LogP contribution in [0.3, 0.4) is 0 Å². The topological polar surface area (TPSA) is 12.0 Å². The van der Waals surface area contributed by atoms with Crippen LogP contribution >= 0.6 is 0 Å². The van der Waals surface area contributed by atoms with Crippen molar-refractivity contribution in [3.8, 4) is 0 Å². The van der Waals surface area contributed by atoms with Crippen molar-refractivity contribution >= 4 is 5.57 Å². The second-order valence-corrected chi connectivity index (χ2v) is 4.22. The third kappa shape index (κ3) is 2.21. The molecule has 0 saturated carbocycles. The fourth-order valence-electron chi connectivity index (χ4n) is 2.06. The zero-order chi connectivity index (χ0) is 12.2. The summed E-state index contributed by atoms with van der Waals surface area (Å²) in [4.78, 5) is 0. The van der Waals surface area contributed by atoms with Gasteiger partial charge < -0.3 is 5.32 Å². The molecule has 87 valence electrons. The number of hydrogen-bond donors (Lipinski definition) is 1. The number of allylic oxidation sites excluding steroid dienone is 2. The second-order valence-electron chi connectivity index (χ2n) is 4.22. The van der Waals surface area contributed by atoms with Gasteiger partial charge in [0.2, 0.25) is 0 Å². The van der Waals surface area contributed by atoms with Crippen LogP contribution in [0.1, 0.15) is 11.1 Å². The highest BCUT2D eigenvalue weighted by molar-refractivity contribution is 5.77. The van der Waals surface area contributed by atoms with E-state index in [1.165, 1.54) is 16.7 Å². The van der Waals surface area contributed by atoms with Gasteiger partial charge in [-0.1, -0.05) is 60.7 Å². The van der Waals surface area contributed by atoms with Crippen LogP contribution in [-0.4, -0.2) is 0 Å². The lowest BCUT2D eigenvalue weighted by atomic mass is 9.97. The van der Waals surface area contributed by atoms with Crippen LogP contribution in [0, 0.1) is 6.04 Å². The van der Waals surface area contributed by atoms with Crippen LogP contribution in [0.4, 0.5) is 0 Å². The molecule has 0 amide bonds. The van der Waals surface area contributed by atoms with Crippen molar-refractivity contribution in [2.75, 3.05) is 0 Å². The molecule has 0 spiro atoms. The minimum absolute atomic E-state index is 1.14. The Morgan fingerprint density at radius 1 is 0.667 bits per heavy atom. The van der Waals surface area contributed by atoms with E-state index in [2.05, 4.69) is 66.0 Å². The molecule has 0 unspecified atom stereocenters. The highest BCUT2D eigenvalue weighted by Gasteiger charge is 2.12. The van der Waals surface area contributed by atoms with Crippen LogP contribution in [0.5, 0.6) is 0 Å². The molecule has 0 atom stereocenters. The third-order valence-electron chi connectivity index (χ3n) is 2.99. The Labute approximate surface area is 107 Å². The van der Waals surface area contributed by atoms with Gasteiger partial charge >= 0.3 is 0 Å². The quantitative estimate of drug-likeness (QED) is 0.831. The van der Waals surface area contributed by atoms with Crippen molar-refractivity contribution in [1.29, 1.82) is 0 Å². The van der Waals surface area contributed by atoms with Crippen molar-refractivity contribution in [3.05, 3.63) is 96.2 Å². The number of rotatable bonds is 2. The zero-order valence-electron chi connectivity index (χ0n) is 10.0. The highest BCUT2D eigenvalue weighted by Crippen LogP contribution is 2.24. The van der Waals surface area contributed by atoms with Crippen LogP contribution in [0.2, 0.25) is 0 Å². The summed E-state index contributed by atoms with van der Waals surface area (Å²) in [5.41, 5.74) is 3.67. The summed E-state index contributed by atoms with van der Waals surface area (Å²) < 4.78 is 0. The molecule has 1 heteroatoms. The van der Waals surface area contributed by atoms with Crippen LogP contribution < -0.4 is 5.32 Å². The Kier molecular flexibility index (Phi) is 2.97. The Bertz CT molecular complexity index is 567. The van der Waals surface area contributed by atoms with E-state index >= 15 is 0 Å². The van der Waals surface area contributed by atoms with Crippen LogP contribution in [0.15, 0.2) is 79.0 Å².